The van der Waals surface area contributed by atoms with Crippen molar-refractivity contribution in [2.75, 3.05) is 0 Å². The monoisotopic (exact) mass is 228 g/mol. The molecule has 0 spiro atoms. The van der Waals surface area contributed by atoms with Crippen LogP contribution < -0.4 is 4.57 Å². The van der Waals surface area contributed by atoms with Crippen LogP contribution in [0.1, 0.15) is 6.92 Å². The van der Waals surface area contributed by atoms with E-state index in [0.29, 0.717) is 5.57 Å². The fourth-order valence-corrected chi connectivity index (χ4v) is 1.58. The molecular formula is C14H14NO2+. The molecule has 0 atom stereocenters. The second-order valence-electron chi connectivity index (χ2n) is 3.88. The number of fused-ring (bicyclic) bond motifs is 1. The van der Waals surface area contributed by atoms with Gasteiger partial charge in [0.2, 0.25) is 5.52 Å². The lowest BCUT2D eigenvalue weighted by Crippen LogP contribution is -2.36. The lowest BCUT2D eigenvalue weighted by atomic mass is 10.2. The van der Waals surface area contributed by atoms with Crippen LogP contribution in [-0.4, -0.2) is 5.97 Å². The SMILES string of the molecule is C=C(C)C(=O)OC[n+]1cccc2ccccc21. The number of carbonyl (C=O) groups excluding carboxylic acids is 1. The van der Waals surface area contributed by atoms with Crippen LogP contribution in [0.15, 0.2) is 54.7 Å². The lowest BCUT2D eigenvalue weighted by molar-refractivity contribution is -0.703. The first-order valence-corrected chi connectivity index (χ1v) is 5.38. The molecule has 0 aliphatic carbocycles. The van der Waals surface area contributed by atoms with E-state index in [-0.39, 0.29) is 12.7 Å². The van der Waals surface area contributed by atoms with Crippen molar-refractivity contribution in [2.45, 2.75) is 13.7 Å². The van der Waals surface area contributed by atoms with Crippen molar-refractivity contribution in [3.63, 3.8) is 0 Å². The minimum Gasteiger partial charge on any atom is -0.401 e. The van der Waals surface area contributed by atoms with Gasteiger partial charge in [-0.15, -0.1) is 0 Å². The molecule has 0 N–H and O–H groups in total. The largest absolute Gasteiger partial charge is 0.401 e. The summed E-state index contributed by atoms with van der Waals surface area (Å²) in [5.74, 6) is -0.370. The number of aromatic nitrogens is 1. The minimum atomic E-state index is -0.370. The molecule has 86 valence electrons. The van der Waals surface area contributed by atoms with E-state index in [1.54, 1.807) is 6.92 Å². The van der Waals surface area contributed by atoms with Gasteiger partial charge in [0.05, 0.1) is 0 Å². The topological polar surface area (TPSA) is 30.2 Å². The molecule has 0 saturated heterocycles. The van der Waals surface area contributed by atoms with Crippen molar-refractivity contribution in [1.29, 1.82) is 0 Å². The van der Waals surface area contributed by atoms with Crippen LogP contribution >= 0.6 is 0 Å². The Bertz CT molecular complexity index is 570. The molecule has 0 radical (unpaired) electrons. The van der Waals surface area contributed by atoms with E-state index < -0.39 is 0 Å². The third-order valence-electron chi connectivity index (χ3n) is 2.47. The molecule has 2 aromatic rings. The minimum absolute atomic E-state index is 0.201. The molecular weight excluding hydrogens is 214 g/mol. The second-order valence-corrected chi connectivity index (χ2v) is 3.88. The maximum absolute atomic E-state index is 11.3. The van der Waals surface area contributed by atoms with E-state index in [1.165, 1.54) is 0 Å². The van der Waals surface area contributed by atoms with E-state index in [2.05, 4.69) is 6.58 Å². The first-order valence-electron chi connectivity index (χ1n) is 5.38. The fourth-order valence-electron chi connectivity index (χ4n) is 1.58. The molecule has 0 amide bonds. The van der Waals surface area contributed by atoms with Gasteiger partial charge in [-0.3, -0.25) is 0 Å². The number of hydrogen-bond acceptors (Lipinski definition) is 2. The van der Waals surface area contributed by atoms with Crippen LogP contribution in [0.25, 0.3) is 10.9 Å². The molecule has 1 aromatic carbocycles. The molecule has 0 saturated carbocycles. The summed E-state index contributed by atoms with van der Waals surface area (Å²) in [5.41, 5.74) is 1.44. The molecule has 0 aliphatic heterocycles. The first kappa shape index (κ1) is 11.3. The summed E-state index contributed by atoms with van der Waals surface area (Å²) in [6.45, 7) is 5.38. The van der Waals surface area contributed by atoms with Gasteiger partial charge in [-0.2, -0.15) is 4.57 Å². The zero-order valence-corrected chi connectivity index (χ0v) is 9.72. The molecule has 0 aliphatic rings. The third kappa shape index (κ3) is 2.50. The Labute approximate surface area is 100.0 Å². The second kappa shape index (κ2) is 4.78. The Hall–Kier alpha value is -2.16. The van der Waals surface area contributed by atoms with Gasteiger partial charge in [-0.25, -0.2) is 4.79 Å². The maximum atomic E-state index is 11.3. The van der Waals surface area contributed by atoms with Crippen molar-refractivity contribution < 1.29 is 14.1 Å². The number of pyridine rings is 1. The average Bonchev–Trinajstić information content (AvgIpc) is 2.35. The number of carbonyl (C=O) groups is 1. The van der Waals surface area contributed by atoms with Gasteiger partial charge in [-0.05, 0) is 19.1 Å². The van der Waals surface area contributed by atoms with Gasteiger partial charge in [0.1, 0.15) is 0 Å². The van der Waals surface area contributed by atoms with Gasteiger partial charge in [0.15, 0.2) is 6.20 Å². The van der Waals surface area contributed by atoms with Crippen molar-refractivity contribution >= 4 is 16.9 Å². The summed E-state index contributed by atoms with van der Waals surface area (Å²) in [4.78, 5) is 11.3. The van der Waals surface area contributed by atoms with Crippen LogP contribution in [0.5, 0.6) is 0 Å². The number of hydrogen-bond donors (Lipinski definition) is 0. The molecule has 2 rings (SSSR count). The molecule has 0 unspecified atom stereocenters. The Balaban J connectivity index is 2.24. The Morgan fingerprint density at radius 2 is 2.00 bits per heavy atom. The highest BCUT2D eigenvalue weighted by Gasteiger charge is 2.10. The number of benzene rings is 1. The average molecular weight is 228 g/mol. The Morgan fingerprint density at radius 3 is 2.76 bits per heavy atom. The van der Waals surface area contributed by atoms with Crippen LogP contribution in [0, 0.1) is 0 Å². The maximum Gasteiger partial charge on any atom is 0.337 e. The number of para-hydroxylation sites is 1. The van der Waals surface area contributed by atoms with Crippen molar-refractivity contribution in [3.05, 3.63) is 54.7 Å². The van der Waals surface area contributed by atoms with Crippen molar-refractivity contribution in [3.8, 4) is 0 Å². The van der Waals surface area contributed by atoms with Gasteiger partial charge >= 0.3 is 5.97 Å². The van der Waals surface area contributed by atoms with E-state index in [0.717, 1.165) is 10.9 Å². The van der Waals surface area contributed by atoms with Crippen LogP contribution in [-0.2, 0) is 16.3 Å². The highest BCUT2D eigenvalue weighted by atomic mass is 16.5. The lowest BCUT2D eigenvalue weighted by Gasteiger charge is -2.02. The van der Waals surface area contributed by atoms with Crippen molar-refractivity contribution in [1.82, 2.24) is 0 Å². The highest BCUT2D eigenvalue weighted by Crippen LogP contribution is 2.07. The van der Waals surface area contributed by atoms with E-state index in [9.17, 15) is 4.79 Å². The quantitative estimate of drug-likeness (QED) is 0.458. The van der Waals surface area contributed by atoms with E-state index >= 15 is 0 Å². The van der Waals surface area contributed by atoms with E-state index in [1.807, 2.05) is 47.2 Å². The summed E-state index contributed by atoms with van der Waals surface area (Å²) in [7, 11) is 0. The van der Waals surface area contributed by atoms with Gasteiger partial charge in [-0.1, -0.05) is 18.7 Å². The van der Waals surface area contributed by atoms with Gasteiger partial charge < -0.3 is 4.74 Å². The number of nitrogens with zero attached hydrogens (tertiary/aromatic N) is 1. The Morgan fingerprint density at radius 1 is 1.29 bits per heavy atom. The number of rotatable bonds is 3. The summed E-state index contributed by atoms with van der Waals surface area (Å²) < 4.78 is 7.01. The Kier molecular flexibility index (Phi) is 3.19. The summed E-state index contributed by atoms with van der Waals surface area (Å²) in [6, 6.07) is 11.9. The number of esters is 1. The summed E-state index contributed by atoms with van der Waals surface area (Å²) in [6.07, 6.45) is 1.88. The fraction of sp³-hybridized carbons (Fsp3) is 0.143. The molecule has 0 bridgehead atoms. The molecule has 3 heteroatoms. The highest BCUT2D eigenvalue weighted by molar-refractivity contribution is 5.86. The van der Waals surface area contributed by atoms with Gasteiger partial charge in [0, 0.05) is 23.1 Å². The third-order valence-corrected chi connectivity index (χ3v) is 2.47. The van der Waals surface area contributed by atoms with Crippen LogP contribution in [0.3, 0.4) is 0 Å². The predicted octanol–water partition coefficient (Wildman–Crippen LogP) is 2.20. The number of ether oxygens (including phenoxy) is 1. The standard InChI is InChI=1S/C14H14NO2/c1-11(2)14(16)17-10-15-9-5-7-12-6-3-4-8-13(12)15/h3-9H,1,10H2,2H3/q+1. The first-order chi connectivity index (χ1) is 8.18. The predicted molar refractivity (Wildman–Crippen MR) is 65.0 cm³/mol. The summed E-state index contributed by atoms with van der Waals surface area (Å²) >= 11 is 0. The molecule has 3 nitrogen and oxygen atoms in total. The molecule has 1 aromatic heterocycles. The van der Waals surface area contributed by atoms with Crippen LogP contribution in [0.2, 0.25) is 0 Å². The molecule has 0 fully saturated rings. The normalized spacial score (nSPS) is 10.2. The van der Waals surface area contributed by atoms with Gasteiger partial charge in [0.25, 0.3) is 6.73 Å². The van der Waals surface area contributed by atoms with Crippen LogP contribution in [0.4, 0.5) is 0 Å². The molecule has 1 heterocycles. The van der Waals surface area contributed by atoms with E-state index in [4.69, 9.17) is 4.74 Å². The smallest absolute Gasteiger partial charge is 0.337 e. The molecule has 17 heavy (non-hydrogen) atoms. The zero-order chi connectivity index (χ0) is 12.3. The van der Waals surface area contributed by atoms with Crippen molar-refractivity contribution in [2.24, 2.45) is 0 Å². The summed E-state index contributed by atoms with van der Waals surface area (Å²) in [5, 5.41) is 1.11. The zero-order valence-electron chi connectivity index (χ0n) is 9.72.